The molecule has 1 N–H and O–H groups in total. The Kier molecular flexibility index (Phi) is 5.80. The van der Waals surface area contributed by atoms with Gasteiger partial charge in [0.15, 0.2) is 11.5 Å². The van der Waals surface area contributed by atoms with Crippen molar-refractivity contribution in [2.24, 2.45) is 0 Å². The van der Waals surface area contributed by atoms with Gasteiger partial charge in [-0.25, -0.2) is 17.5 Å². The molecule has 0 fully saturated rings. The highest BCUT2D eigenvalue weighted by Gasteiger charge is 2.18. The second-order valence-electron chi connectivity index (χ2n) is 5.34. The van der Waals surface area contributed by atoms with Crippen molar-refractivity contribution in [3.8, 4) is 11.5 Å². The van der Waals surface area contributed by atoms with Crippen LogP contribution in [0.5, 0.6) is 11.5 Å². The minimum atomic E-state index is -3.57. The minimum Gasteiger partial charge on any atom is -0.493 e. The van der Waals surface area contributed by atoms with Gasteiger partial charge in [-0.05, 0) is 42.3 Å². The Bertz CT molecular complexity index is 791. The quantitative estimate of drug-likeness (QED) is 0.831. The third kappa shape index (κ3) is 4.69. The molecule has 0 saturated heterocycles. The molecule has 0 aliphatic heterocycles. The maximum atomic E-state index is 12.9. The summed E-state index contributed by atoms with van der Waals surface area (Å²) in [6.45, 7) is 1.74. The fraction of sp³-hybridized carbons (Fsp3) is 0.294. The Hall–Kier alpha value is -2.12. The lowest BCUT2D eigenvalue weighted by Gasteiger charge is -2.16. The topological polar surface area (TPSA) is 64.6 Å². The molecule has 0 aliphatic rings. The average molecular weight is 353 g/mol. The third-order valence-corrected chi connectivity index (χ3v) is 4.96. The molecule has 24 heavy (non-hydrogen) atoms. The second kappa shape index (κ2) is 7.63. The van der Waals surface area contributed by atoms with Crippen LogP contribution in [-0.4, -0.2) is 22.6 Å². The molecule has 2 rings (SSSR count). The SMILES string of the molecule is COc1ccc([C@H](C)NS(=O)(=O)Cc2ccc(F)cc2)cc1OC. The van der Waals surface area contributed by atoms with Crippen LogP contribution < -0.4 is 14.2 Å². The van der Waals surface area contributed by atoms with Gasteiger partial charge in [-0.3, -0.25) is 0 Å². The highest BCUT2D eigenvalue weighted by molar-refractivity contribution is 7.88. The molecule has 130 valence electrons. The van der Waals surface area contributed by atoms with Gasteiger partial charge < -0.3 is 9.47 Å². The summed E-state index contributed by atoms with van der Waals surface area (Å²) in [5.74, 6) is 0.482. The predicted octanol–water partition coefficient (Wildman–Crippen LogP) is 3.02. The summed E-state index contributed by atoms with van der Waals surface area (Å²) in [4.78, 5) is 0. The Balaban J connectivity index is 2.12. The van der Waals surface area contributed by atoms with Crippen LogP contribution in [0.25, 0.3) is 0 Å². The zero-order chi connectivity index (χ0) is 17.7. The zero-order valence-corrected chi connectivity index (χ0v) is 14.6. The molecular weight excluding hydrogens is 333 g/mol. The normalized spacial score (nSPS) is 12.7. The first-order valence-electron chi connectivity index (χ1n) is 7.31. The summed E-state index contributed by atoms with van der Waals surface area (Å²) in [5, 5.41) is 0. The van der Waals surface area contributed by atoms with Gasteiger partial charge in [0.25, 0.3) is 0 Å². The highest BCUT2D eigenvalue weighted by Crippen LogP contribution is 2.30. The Morgan fingerprint density at radius 3 is 2.25 bits per heavy atom. The summed E-state index contributed by atoms with van der Waals surface area (Å²) in [7, 11) is -0.522. The molecule has 2 aromatic rings. The van der Waals surface area contributed by atoms with Crippen LogP contribution in [0.1, 0.15) is 24.1 Å². The van der Waals surface area contributed by atoms with Gasteiger partial charge in [-0.2, -0.15) is 0 Å². The first-order valence-corrected chi connectivity index (χ1v) is 8.96. The molecule has 1 atom stereocenters. The number of benzene rings is 2. The van der Waals surface area contributed by atoms with Crippen molar-refractivity contribution in [2.45, 2.75) is 18.7 Å². The van der Waals surface area contributed by atoms with E-state index in [-0.39, 0.29) is 5.75 Å². The largest absolute Gasteiger partial charge is 0.493 e. The number of ether oxygens (including phenoxy) is 2. The predicted molar refractivity (Wildman–Crippen MR) is 90.1 cm³/mol. The van der Waals surface area contributed by atoms with E-state index in [0.29, 0.717) is 17.1 Å². The summed E-state index contributed by atoms with van der Waals surface area (Å²) >= 11 is 0. The van der Waals surface area contributed by atoms with E-state index in [1.54, 1.807) is 25.1 Å². The molecule has 2 aromatic carbocycles. The lowest BCUT2D eigenvalue weighted by molar-refractivity contribution is 0.354. The maximum absolute atomic E-state index is 12.9. The molecule has 0 unspecified atom stereocenters. The maximum Gasteiger partial charge on any atom is 0.216 e. The number of hydrogen-bond donors (Lipinski definition) is 1. The fourth-order valence-corrected chi connectivity index (χ4v) is 3.69. The summed E-state index contributed by atoms with van der Waals surface area (Å²) in [6, 6.07) is 10.2. The zero-order valence-electron chi connectivity index (χ0n) is 13.7. The lowest BCUT2D eigenvalue weighted by atomic mass is 10.1. The molecule has 5 nitrogen and oxygen atoms in total. The number of hydrogen-bond acceptors (Lipinski definition) is 4. The van der Waals surface area contributed by atoms with E-state index >= 15 is 0 Å². The first-order chi connectivity index (χ1) is 11.3. The van der Waals surface area contributed by atoms with Gasteiger partial charge in [-0.15, -0.1) is 0 Å². The molecule has 0 amide bonds. The standard InChI is InChI=1S/C17H20FNO4S/c1-12(14-6-9-16(22-2)17(10-14)23-3)19-24(20,21)11-13-4-7-15(18)8-5-13/h4-10,12,19H,11H2,1-3H3/t12-/m0/s1. The second-order valence-corrected chi connectivity index (χ2v) is 7.09. The minimum absolute atomic E-state index is 0.217. The Morgan fingerprint density at radius 1 is 1.04 bits per heavy atom. The number of methoxy groups -OCH3 is 2. The van der Waals surface area contributed by atoms with E-state index in [0.717, 1.165) is 5.56 Å². The van der Waals surface area contributed by atoms with Crippen molar-refractivity contribution in [2.75, 3.05) is 14.2 Å². The molecule has 0 bridgehead atoms. The van der Waals surface area contributed by atoms with E-state index < -0.39 is 21.9 Å². The van der Waals surface area contributed by atoms with Crippen molar-refractivity contribution in [3.05, 3.63) is 59.4 Å². The first kappa shape index (κ1) is 18.2. The van der Waals surface area contributed by atoms with Crippen LogP contribution in [-0.2, 0) is 15.8 Å². The Morgan fingerprint density at radius 2 is 1.67 bits per heavy atom. The molecule has 0 radical (unpaired) electrons. The van der Waals surface area contributed by atoms with E-state index in [1.165, 1.54) is 38.5 Å². The number of halogens is 1. The molecule has 7 heteroatoms. The van der Waals surface area contributed by atoms with Gasteiger partial charge in [0.1, 0.15) is 5.82 Å². The van der Waals surface area contributed by atoms with E-state index in [1.807, 2.05) is 0 Å². The number of nitrogens with one attached hydrogen (secondary N) is 1. The van der Waals surface area contributed by atoms with Crippen LogP contribution in [0, 0.1) is 5.82 Å². The smallest absolute Gasteiger partial charge is 0.216 e. The molecule has 0 aliphatic carbocycles. The summed E-state index contributed by atoms with van der Waals surface area (Å²) < 4.78 is 50.5. The molecule has 0 saturated carbocycles. The van der Waals surface area contributed by atoms with E-state index in [4.69, 9.17) is 9.47 Å². The number of rotatable bonds is 7. The van der Waals surface area contributed by atoms with E-state index in [2.05, 4.69) is 4.72 Å². The molecule has 0 spiro atoms. The van der Waals surface area contributed by atoms with Gasteiger partial charge in [0.05, 0.1) is 20.0 Å². The lowest BCUT2D eigenvalue weighted by Crippen LogP contribution is -2.28. The van der Waals surface area contributed by atoms with Crippen molar-refractivity contribution >= 4 is 10.0 Å². The molecule has 0 aromatic heterocycles. The van der Waals surface area contributed by atoms with Crippen molar-refractivity contribution < 1.29 is 22.3 Å². The van der Waals surface area contributed by atoms with Gasteiger partial charge >= 0.3 is 0 Å². The van der Waals surface area contributed by atoms with Crippen molar-refractivity contribution in [1.82, 2.24) is 4.72 Å². The third-order valence-electron chi connectivity index (χ3n) is 3.53. The summed E-state index contributed by atoms with van der Waals surface area (Å²) in [5.41, 5.74) is 1.26. The average Bonchev–Trinajstić information content (AvgIpc) is 2.55. The van der Waals surface area contributed by atoms with Crippen molar-refractivity contribution in [3.63, 3.8) is 0 Å². The highest BCUT2D eigenvalue weighted by atomic mass is 32.2. The van der Waals surface area contributed by atoms with Gasteiger partial charge in [0.2, 0.25) is 10.0 Å². The van der Waals surface area contributed by atoms with Crippen LogP contribution in [0.3, 0.4) is 0 Å². The summed E-state index contributed by atoms with van der Waals surface area (Å²) in [6.07, 6.45) is 0. The van der Waals surface area contributed by atoms with Gasteiger partial charge in [0, 0.05) is 6.04 Å². The molecular formula is C17H20FNO4S. The van der Waals surface area contributed by atoms with Crippen molar-refractivity contribution in [1.29, 1.82) is 0 Å². The fourth-order valence-electron chi connectivity index (χ4n) is 2.30. The molecule has 0 heterocycles. The number of sulfonamides is 1. The van der Waals surface area contributed by atoms with Crippen LogP contribution in [0.2, 0.25) is 0 Å². The van der Waals surface area contributed by atoms with E-state index in [9.17, 15) is 12.8 Å². The van der Waals surface area contributed by atoms with Crippen LogP contribution >= 0.6 is 0 Å². The van der Waals surface area contributed by atoms with Crippen LogP contribution in [0.4, 0.5) is 4.39 Å². The Labute approximate surface area is 141 Å². The van der Waals surface area contributed by atoms with Gasteiger partial charge in [-0.1, -0.05) is 18.2 Å². The van der Waals surface area contributed by atoms with Crippen LogP contribution in [0.15, 0.2) is 42.5 Å². The monoisotopic (exact) mass is 353 g/mol.